The van der Waals surface area contributed by atoms with E-state index < -0.39 is 27.9 Å². The SMILES string of the molecule is C[C@](O)(c1ccc(N2CCN(S(=O)(=O)c3ccccc3S)C[C@@H]2CN2C3COCC2CC(O)C3)cc1)C(F)(F)F. The molecule has 2 unspecified atom stereocenters. The molecule has 0 amide bonds. The average Bonchev–Trinajstić information content (AvgIpc) is 2.89. The maximum absolute atomic E-state index is 13.6. The van der Waals surface area contributed by atoms with Gasteiger partial charge in [0.25, 0.3) is 0 Å². The van der Waals surface area contributed by atoms with Crippen molar-refractivity contribution in [1.82, 2.24) is 9.21 Å². The lowest BCUT2D eigenvalue weighted by atomic mass is 9.91. The third-order valence-corrected chi connectivity index (χ3v) is 10.8. The minimum absolute atomic E-state index is 0.0150. The molecule has 4 atom stereocenters. The van der Waals surface area contributed by atoms with E-state index in [-0.39, 0.29) is 41.7 Å². The van der Waals surface area contributed by atoms with Crippen LogP contribution < -0.4 is 4.90 Å². The number of hydrogen-bond acceptors (Lipinski definition) is 8. The van der Waals surface area contributed by atoms with Gasteiger partial charge in [-0.1, -0.05) is 24.3 Å². The second kappa shape index (κ2) is 11.1. The molecule has 3 aliphatic heterocycles. The lowest BCUT2D eigenvalue weighted by Crippen LogP contribution is -2.64. The summed E-state index contributed by atoms with van der Waals surface area (Å²) in [5.74, 6) is 0. The third-order valence-electron chi connectivity index (χ3n) is 8.31. The number of aliphatic hydroxyl groups excluding tert-OH is 1. The van der Waals surface area contributed by atoms with Crippen molar-refractivity contribution >= 4 is 28.3 Å². The van der Waals surface area contributed by atoms with Crippen molar-refractivity contribution in [2.45, 2.75) is 65.6 Å². The number of sulfonamides is 1. The molecule has 3 saturated heterocycles. The molecule has 2 aromatic rings. The van der Waals surface area contributed by atoms with Gasteiger partial charge in [-0.15, -0.1) is 12.6 Å². The first-order valence-electron chi connectivity index (χ1n) is 13.2. The van der Waals surface area contributed by atoms with E-state index in [1.54, 1.807) is 30.3 Å². The summed E-state index contributed by atoms with van der Waals surface area (Å²) in [5, 5.41) is 20.4. The zero-order chi connectivity index (χ0) is 28.9. The summed E-state index contributed by atoms with van der Waals surface area (Å²) in [6, 6.07) is 11.8. The van der Waals surface area contributed by atoms with Gasteiger partial charge in [0, 0.05) is 48.8 Å². The van der Waals surface area contributed by atoms with Crippen molar-refractivity contribution in [2.24, 2.45) is 0 Å². The summed E-state index contributed by atoms with van der Waals surface area (Å²) in [7, 11) is -3.85. The van der Waals surface area contributed by atoms with Crippen LogP contribution in [0.2, 0.25) is 0 Å². The highest BCUT2D eigenvalue weighted by atomic mass is 32.2. The fraction of sp³-hybridized carbons (Fsp3) is 0.556. The van der Waals surface area contributed by atoms with E-state index in [2.05, 4.69) is 17.5 Å². The van der Waals surface area contributed by atoms with Crippen LogP contribution in [0, 0.1) is 0 Å². The van der Waals surface area contributed by atoms with Crippen LogP contribution in [0.15, 0.2) is 58.3 Å². The van der Waals surface area contributed by atoms with E-state index >= 15 is 0 Å². The molecule has 13 heteroatoms. The van der Waals surface area contributed by atoms with Crippen LogP contribution in [0.25, 0.3) is 0 Å². The fourth-order valence-corrected chi connectivity index (χ4v) is 8.06. The number of ether oxygens (including phenoxy) is 1. The van der Waals surface area contributed by atoms with Gasteiger partial charge in [0.1, 0.15) is 0 Å². The van der Waals surface area contributed by atoms with Crippen molar-refractivity contribution in [3.8, 4) is 0 Å². The van der Waals surface area contributed by atoms with Crippen LogP contribution in [0.3, 0.4) is 0 Å². The summed E-state index contributed by atoms with van der Waals surface area (Å²) in [6.45, 7) is 2.80. The zero-order valence-electron chi connectivity index (χ0n) is 22.0. The molecule has 2 aromatic carbocycles. The quantitative estimate of drug-likeness (QED) is 0.439. The van der Waals surface area contributed by atoms with Gasteiger partial charge in [0.05, 0.1) is 30.3 Å². The van der Waals surface area contributed by atoms with Gasteiger partial charge in [0.15, 0.2) is 5.60 Å². The van der Waals surface area contributed by atoms with Crippen LogP contribution >= 0.6 is 12.6 Å². The normalized spacial score (nSPS) is 28.3. The molecule has 0 spiro atoms. The number of alkyl halides is 3. The summed E-state index contributed by atoms with van der Waals surface area (Å²) < 4.78 is 74.6. The summed E-state index contributed by atoms with van der Waals surface area (Å²) in [4.78, 5) is 4.77. The molecule has 0 aliphatic carbocycles. The van der Waals surface area contributed by atoms with Crippen molar-refractivity contribution in [2.75, 3.05) is 44.3 Å². The van der Waals surface area contributed by atoms with E-state index in [0.29, 0.717) is 49.7 Å². The lowest BCUT2D eigenvalue weighted by molar-refractivity contribution is -0.258. The number of aliphatic hydroxyl groups is 2. The first-order valence-corrected chi connectivity index (χ1v) is 15.1. The number of anilines is 1. The van der Waals surface area contributed by atoms with Crippen LogP contribution in [-0.4, -0.2) is 97.6 Å². The maximum Gasteiger partial charge on any atom is 0.421 e. The Bertz CT molecular complexity index is 1300. The van der Waals surface area contributed by atoms with Gasteiger partial charge >= 0.3 is 6.18 Å². The third kappa shape index (κ3) is 5.61. The van der Waals surface area contributed by atoms with Gasteiger partial charge in [-0.2, -0.15) is 17.5 Å². The topological polar surface area (TPSA) is 93.6 Å². The minimum Gasteiger partial charge on any atom is -0.393 e. The molecule has 0 aromatic heterocycles. The highest BCUT2D eigenvalue weighted by Gasteiger charge is 2.51. The summed E-state index contributed by atoms with van der Waals surface area (Å²) in [6.07, 6.45) is -4.15. The Kier molecular flexibility index (Phi) is 8.21. The smallest absolute Gasteiger partial charge is 0.393 e. The van der Waals surface area contributed by atoms with Gasteiger partial charge in [-0.25, -0.2) is 8.42 Å². The maximum atomic E-state index is 13.6. The molecule has 2 N–H and O–H groups in total. The van der Waals surface area contributed by atoms with Gasteiger partial charge in [-0.3, -0.25) is 4.90 Å². The van der Waals surface area contributed by atoms with Crippen molar-refractivity contribution in [3.05, 3.63) is 54.1 Å². The number of halogens is 3. The van der Waals surface area contributed by atoms with E-state index in [1.165, 1.54) is 22.5 Å². The predicted octanol–water partition coefficient (Wildman–Crippen LogP) is 2.85. The number of piperazine rings is 1. The zero-order valence-corrected chi connectivity index (χ0v) is 23.7. The molecule has 220 valence electrons. The van der Waals surface area contributed by atoms with Crippen LogP contribution in [0.4, 0.5) is 18.9 Å². The summed E-state index contributed by atoms with van der Waals surface area (Å²) >= 11 is 4.36. The number of thiol groups is 1. The Hall–Kier alpha value is -1.87. The van der Waals surface area contributed by atoms with Gasteiger partial charge < -0.3 is 19.8 Å². The van der Waals surface area contributed by atoms with Gasteiger partial charge in [-0.05, 0) is 49.6 Å². The molecule has 0 saturated carbocycles. The van der Waals surface area contributed by atoms with E-state index in [4.69, 9.17) is 4.74 Å². The standard InChI is InChI=1S/C27H34F3N3O5S2/c1-26(35,27(28,29)30)18-6-8-19(9-7-18)32-11-10-31(40(36,37)25-5-3-2-4-24(25)39)14-22(32)15-33-20-12-23(34)13-21(33)17-38-16-20/h2-9,20-23,34-35,39H,10-17H2,1H3/t20?,21?,22-,23?,26+/m1/s1. The average molecular weight is 602 g/mol. The van der Waals surface area contributed by atoms with Gasteiger partial charge in [0.2, 0.25) is 10.0 Å². The highest BCUT2D eigenvalue weighted by molar-refractivity contribution is 7.90. The monoisotopic (exact) mass is 601 g/mol. The fourth-order valence-electron chi connectivity index (χ4n) is 6.00. The Balaban J connectivity index is 1.45. The van der Waals surface area contributed by atoms with Crippen molar-refractivity contribution in [1.29, 1.82) is 0 Å². The molecular formula is C27H34F3N3O5S2. The first kappa shape index (κ1) is 29.6. The molecule has 0 radical (unpaired) electrons. The number of piperidine rings is 1. The van der Waals surface area contributed by atoms with Crippen LogP contribution in [-0.2, 0) is 20.4 Å². The Morgan fingerprint density at radius 1 is 1.02 bits per heavy atom. The Labute approximate surface area is 237 Å². The van der Waals surface area contributed by atoms with Crippen molar-refractivity contribution in [3.63, 3.8) is 0 Å². The Morgan fingerprint density at radius 3 is 2.25 bits per heavy atom. The number of rotatable bonds is 6. The molecular weight excluding hydrogens is 567 g/mol. The molecule has 5 rings (SSSR count). The number of morpholine rings is 1. The molecule has 40 heavy (non-hydrogen) atoms. The van der Waals surface area contributed by atoms with Crippen LogP contribution in [0.5, 0.6) is 0 Å². The predicted molar refractivity (Wildman–Crippen MR) is 146 cm³/mol. The second-order valence-electron chi connectivity index (χ2n) is 11.0. The Morgan fingerprint density at radius 2 is 1.65 bits per heavy atom. The molecule has 8 nitrogen and oxygen atoms in total. The summed E-state index contributed by atoms with van der Waals surface area (Å²) in [5.41, 5.74) is -2.63. The second-order valence-corrected chi connectivity index (χ2v) is 13.4. The van der Waals surface area contributed by atoms with E-state index in [0.717, 1.165) is 6.92 Å². The lowest BCUT2D eigenvalue weighted by Gasteiger charge is -2.51. The van der Waals surface area contributed by atoms with Crippen molar-refractivity contribution < 1.29 is 36.5 Å². The molecule has 3 aliphatic rings. The first-order chi connectivity index (χ1) is 18.8. The molecule has 2 bridgehead atoms. The number of hydrogen-bond donors (Lipinski definition) is 3. The number of nitrogens with zero attached hydrogens (tertiary/aromatic N) is 3. The molecule has 3 heterocycles. The van der Waals surface area contributed by atoms with E-state index in [9.17, 15) is 31.8 Å². The minimum atomic E-state index is -4.83. The number of benzene rings is 2. The highest BCUT2D eigenvalue weighted by Crippen LogP contribution is 2.39. The van der Waals surface area contributed by atoms with Crippen LogP contribution in [0.1, 0.15) is 25.3 Å². The largest absolute Gasteiger partial charge is 0.421 e. The number of fused-ring (bicyclic) bond motifs is 2. The van der Waals surface area contributed by atoms with E-state index in [1.807, 2.05) is 4.90 Å². The molecule has 3 fully saturated rings.